The maximum absolute atomic E-state index is 13.2. The number of aromatic nitrogens is 2. The number of carbonyl (C=O) groups is 1. The number of benzene rings is 2. The molecule has 6 nitrogen and oxygen atoms in total. The molecule has 0 saturated carbocycles. The highest BCUT2D eigenvalue weighted by molar-refractivity contribution is 6.04. The fourth-order valence-corrected chi connectivity index (χ4v) is 4.00. The third-order valence-electron chi connectivity index (χ3n) is 5.72. The van der Waals surface area contributed by atoms with Gasteiger partial charge in [0.15, 0.2) is 5.69 Å². The second-order valence-electron chi connectivity index (χ2n) is 7.94. The quantitative estimate of drug-likeness (QED) is 0.622. The van der Waals surface area contributed by atoms with Gasteiger partial charge in [0.1, 0.15) is 0 Å². The number of alkyl halides is 3. The summed E-state index contributed by atoms with van der Waals surface area (Å²) < 4.78 is 39.5. The zero-order valence-electron chi connectivity index (χ0n) is 17.6. The molecule has 168 valence electrons. The second-order valence-corrected chi connectivity index (χ2v) is 7.94. The van der Waals surface area contributed by atoms with Gasteiger partial charge in [0.25, 0.3) is 11.5 Å². The first-order chi connectivity index (χ1) is 15.2. The molecule has 0 atom stereocenters. The first kappa shape index (κ1) is 22.0. The summed E-state index contributed by atoms with van der Waals surface area (Å²) in [5.41, 5.74) is 0.129. The maximum atomic E-state index is 13.2. The minimum absolute atomic E-state index is 0.229. The third kappa shape index (κ3) is 4.52. The summed E-state index contributed by atoms with van der Waals surface area (Å²) in [7, 11) is 1.53. The van der Waals surface area contributed by atoms with Gasteiger partial charge in [-0.05, 0) is 30.2 Å². The number of amides is 1. The average Bonchev–Trinajstić information content (AvgIpc) is 3.01. The SMILES string of the molecule is Cn1nc(C(=O)N2CCCN(Cc3ccc(C(F)(F)F)cc3)CC2)c2ccccc2c1=O. The van der Waals surface area contributed by atoms with Crippen LogP contribution in [-0.4, -0.2) is 51.7 Å². The molecule has 1 fully saturated rings. The van der Waals surface area contributed by atoms with Crippen molar-refractivity contribution >= 4 is 16.7 Å². The van der Waals surface area contributed by atoms with Gasteiger partial charge in [0.05, 0.1) is 10.9 Å². The van der Waals surface area contributed by atoms with Gasteiger partial charge in [-0.3, -0.25) is 14.5 Å². The molecule has 0 unspecified atom stereocenters. The van der Waals surface area contributed by atoms with Gasteiger partial charge in [-0.2, -0.15) is 18.3 Å². The van der Waals surface area contributed by atoms with Crippen molar-refractivity contribution in [1.29, 1.82) is 0 Å². The summed E-state index contributed by atoms with van der Waals surface area (Å²) in [6, 6.07) is 12.1. The number of carbonyl (C=O) groups excluding carboxylic acids is 1. The van der Waals surface area contributed by atoms with Gasteiger partial charge in [-0.25, -0.2) is 4.68 Å². The van der Waals surface area contributed by atoms with E-state index in [0.29, 0.717) is 37.0 Å². The molecule has 0 aliphatic carbocycles. The molecule has 2 heterocycles. The van der Waals surface area contributed by atoms with Gasteiger partial charge in [0, 0.05) is 45.2 Å². The van der Waals surface area contributed by atoms with Crippen LogP contribution in [0.25, 0.3) is 10.8 Å². The minimum atomic E-state index is -4.35. The van der Waals surface area contributed by atoms with Gasteiger partial charge in [-0.1, -0.05) is 30.3 Å². The first-order valence-electron chi connectivity index (χ1n) is 10.4. The number of fused-ring (bicyclic) bond motifs is 1. The Morgan fingerprint density at radius 1 is 0.969 bits per heavy atom. The molecule has 3 aromatic rings. The van der Waals surface area contributed by atoms with E-state index < -0.39 is 11.7 Å². The molecular formula is C23H23F3N4O2. The lowest BCUT2D eigenvalue weighted by Crippen LogP contribution is -2.37. The Balaban J connectivity index is 1.47. The fraction of sp³-hybridized carbons (Fsp3) is 0.348. The van der Waals surface area contributed by atoms with Gasteiger partial charge in [0.2, 0.25) is 0 Å². The summed E-state index contributed by atoms with van der Waals surface area (Å²) in [5, 5.41) is 5.21. The molecule has 2 aromatic carbocycles. The van der Waals surface area contributed by atoms with Gasteiger partial charge < -0.3 is 4.90 Å². The van der Waals surface area contributed by atoms with Crippen LogP contribution in [0.5, 0.6) is 0 Å². The normalized spacial score (nSPS) is 15.7. The smallest absolute Gasteiger partial charge is 0.336 e. The van der Waals surface area contributed by atoms with Gasteiger partial charge >= 0.3 is 6.18 Å². The number of rotatable bonds is 3. The average molecular weight is 444 g/mol. The molecule has 0 radical (unpaired) electrons. The zero-order valence-corrected chi connectivity index (χ0v) is 17.6. The predicted octanol–water partition coefficient (Wildman–Crippen LogP) is 3.30. The first-order valence-corrected chi connectivity index (χ1v) is 10.4. The Morgan fingerprint density at radius 2 is 1.66 bits per heavy atom. The molecule has 0 N–H and O–H groups in total. The lowest BCUT2D eigenvalue weighted by Gasteiger charge is -2.22. The molecule has 32 heavy (non-hydrogen) atoms. The summed E-state index contributed by atoms with van der Waals surface area (Å²) in [4.78, 5) is 29.4. The van der Waals surface area contributed by atoms with E-state index in [1.807, 2.05) is 0 Å². The van der Waals surface area contributed by atoms with Crippen LogP contribution < -0.4 is 5.56 Å². The van der Waals surface area contributed by atoms with E-state index in [9.17, 15) is 22.8 Å². The van der Waals surface area contributed by atoms with Crippen molar-refractivity contribution in [1.82, 2.24) is 19.6 Å². The lowest BCUT2D eigenvalue weighted by molar-refractivity contribution is -0.137. The van der Waals surface area contributed by atoms with Crippen LogP contribution in [0, 0.1) is 0 Å². The number of halogens is 3. The largest absolute Gasteiger partial charge is 0.416 e. The van der Waals surface area contributed by atoms with Crippen molar-refractivity contribution in [2.75, 3.05) is 26.2 Å². The zero-order chi connectivity index (χ0) is 22.9. The number of nitrogens with zero attached hydrogens (tertiary/aromatic N) is 4. The van der Waals surface area contributed by atoms with Crippen LogP contribution in [0.15, 0.2) is 53.3 Å². The predicted molar refractivity (Wildman–Crippen MR) is 114 cm³/mol. The molecule has 1 aliphatic heterocycles. The van der Waals surface area contributed by atoms with Crippen molar-refractivity contribution in [2.24, 2.45) is 7.05 Å². The lowest BCUT2D eigenvalue weighted by atomic mass is 10.1. The Morgan fingerprint density at radius 3 is 2.34 bits per heavy atom. The Labute approximate surface area is 182 Å². The Hall–Kier alpha value is -3.20. The molecule has 0 bridgehead atoms. The van der Waals surface area contributed by atoms with Crippen molar-refractivity contribution < 1.29 is 18.0 Å². The number of aryl methyl sites for hydroxylation is 1. The minimum Gasteiger partial charge on any atom is -0.336 e. The molecule has 0 spiro atoms. The molecule has 1 aromatic heterocycles. The topological polar surface area (TPSA) is 58.4 Å². The molecular weight excluding hydrogens is 421 g/mol. The van der Waals surface area contributed by atoms with Crippen LogP contribution in [0.2, 0.25) is 0 Å². The van der Waals surface area contributed by atoms with Crippen LogP contribution in [0.4, 0.5) is 13.2 Å². The highest BCUT2D eigenvalue weighted by atomic mass is 19.4. The van der Waals surface area contributed by atoms with E-state index in [0.717, 1.165) is 30.7 Å². The van der Waals surface area contributed by atoms with Crippen molar-refractivity contribution in [3.8, 4) is 0 Å². The van der Waals surface area contributed by atoms with E-state index in [-0.39, 0.29) is 17.2 Å². The summed E-state index contributed by atoms with van der Waals surface area (Å²) >= 11 is 0. The van der Waals surface area contributed by atoms with E-state index >= 15 is 0 Å². The van der Waals surface area contributed by atoms with Crippen LogP contribution in [-0.2, 0) is 19.8 Å². The Bertz CT molecular complexity index is 1190. The molecule has 1 amide bonds. The summed E-state index contributed by atoms with van der Waals surface area (Å²) in [6.45, 7) is 2.85. The van der Waals surface area contributed by atoms with Crippen molar-refractivity contribution in [3.05, 3.63) is 75.7 Å². The number of hydrogen-bond acceptors (Lipinski definition) is 4. The van der Waals surface area contributed by atoms with Crippen molar-refractivity contribution in [3.63, 3.8) is 0 Å². The van der Waals surface area contributed by atoms with Crippen molar-refractivity contribution in [2.45, 2.75) is 19.1 Å². The van der Waals surface area contributed by atoms with E-state index in [2.05, 4.69) is 10.00 Å². The van der Waals surface area contributed by atoms with E-state index in [1.165, 1.54) is 23.9 Å². The Kier molecular flexibility index (Phi) is 6.01. The maximum Gasteiger partial charge on any atom is 0.416 e. The third-order valence-corrected chi connectivity index (χ3v) is 5.72. The second kappa shape index (κ2) is 8.74. The molecule has 1 saturated heterocycles. The molecule has 4 rings (SSSR count). The molecule has 1 aliphatic rings. The highest BCUT2D eigenvalue weighted by Gasteiger charge is 2.30. The highest BCUT2D eigenvalue weighted by Crippen LogP contribution is 2.29. The summed E-state index contributed by atoms with van der Waals surface area (Å²) in [5.74, 6) is -0.229. The number of hydrogen-bond donors (Lipinski definition) is 0. The summed E-state index contributed by atoms with van der Waals surface area (Å²) in [6.07, 6.45) is -3.61. The standard InChI is InChI=1S/C23H23F3N4O2/c1-28-21(31)19-6-3-2-5-18(19)20(27-28)22(32)30-12-4-11-29(13-14-30)15-16-7-9-17(10-8-16)23(24,25)26/h2-3,5-10H,4,11-15H2,1H3. The monoisotopic (exact) mass is 444 g/mol. The van der Waals surface area contributed by atoms with Crippen LogP contribution in [0.1, 0.15) is 28.0 Å². The van der Waals surface area contributed by atoms with E-state index in [4.69, 9.17) is 0 Å². The fourth-order valence-electron chi connectivity index (χ4n) is 4.00. The van der Waals surface area contributed by atoms with Gasteiger partial charge in [-0.15, -0.1) is 0 Å². The molecule has 9 heteroatoms. The van der Waals surface area contributed by atoms with Crippen LogP contribution in [0.3, 0.4) is 0 Å². The van der Waals surface area contributed by atoms with Crippen LogP contribution >= 0.6 is 0 Å². The van der Waals surface area contributed by atoms with E-state index in [1.54, 1.807) is 29.2 Å².